The fourth-order valence-electron chi connectivity index (χ4n) is 2.17. The third-order valence-corrected chi connectivity index (χ3v) is 5.58. The SMILES string of the molecule is O=C(Nc1ccc(Cl)cc1Cl)N(Cc1cccs1)Cc1cccs1. The number of halogens is 2. The molecule has 124 valence electrons. The fraction of sp³-hybridized carbons (Fsp3) is 0.118. The van der Waals surface area contributed by atoms with Crippen molar-refractivity contribution in [3.05, 3.63) is 73.0 Å². The van der Waals surface area contributed by atoms with E-state index in [0.717, 1.165) is 9.75 Å². The third kappa shape index (κ3) is 4.51. The van der Waals surface area contributed by atoms with Gasteiger partial charge in [0, 0.05) is 14.8 Å². The van der Waals surface area contributed by atoms with E-state index in [2.05, 4.69) is 5.32 Å². The molecule has 2 heterocycles. The van der Waals surface area contributed by atoms with Crippen LogP contribution in [0, 0.1) is 0 Å². The van der Waals surface area contributed by atoms with E-state index in [0.29, 0.717) is 28.8 Å². The van der Waals surface area contributed by atoms with Crippen molar-refractivity contribution in [3.8, 4) is 0 Å². The molecule has 0 radical (unpaired) electrons. The molecule has 2 aromatic heterocycles. The van der Waals surface area contributed by atoms with E-state index in [9.17, 15) is 4.79 Å². The molecule has 2 amide bonds. The Morgan fingerprint density at radius 1 is 1.00 bits per heavy atom. The highest BCUT2D eigenvalue weighted by atomic mass is 35.5. The minimum absolute atomic E-state index is 0.193. The van der Waals surface area contributed by atoms with E-state index in [-0.39, 0.29) is 6.03 Å². The van der Waals surface area contributed by atoms with Gasteiger partial charge in [0.1, 0.15) is 0 Å². The van der Waals surface area contributed by atoms with Gasteiger partial charge in [0.25, 0.3) is 0 Å². The first-order valence-corrected chi connectivity index (χ1v) is 9.69. The number of nitrogens with zero attached hydrogens (tertiary/aromatic N) is 1. The number of carbonyl (C=O) groups excluding carboxylic acids is 1. The van der Waals surface area contributed by atoms with Crippen LogP contribution in [0.5, 0.6) is 0 Å². The van der Waals surface area contributed by atoms with E-state index in [1.807, 2.05) is 35.0 Å². The predicted octanol–water partition coefficient (Wildman–Crippen LogP) is 6.35. The van der Waals surface area contributed by atoms with Gasteiger partial charge in [-0.2, -0.15) is 0 Å². The van der Waals surface area contributed by atoms with Crippen LogP contribution in [0.3, 0.4) is 0 Å². The quantitative estimate of drug-likeness (QED) is 0.535. The monoisotopic (exact) mass is 396 g/mol. The molecule has 1 N–H and O–H groups in total. The van der Waals surface area contributed by atoms with Crippen molar-refractivity contribution in [2.75, 3.05) is 5.32 Å². The molecule has 24 heavy (non-hydrogen) atoms. The molecule has 0 aliphatic heterocycles. The molecule has 0 spiro atoms. The Balaban J connectivity index is 1.76. The summed E-state index contributed by atoms with van der Waals surface area (Å²) >= 11 is 15.3. The Morgan fingerprint density at radius 3 is 2.12 bits per heavy atom. The van der Waals surface area contributed by atoms with Gasteiger partial charge in [0.2, 0.25) is 0 Å². The van der Waals surface area contributed by atoms with Gasteiger partial charge in [-0.1, -0.05) is 35.3 Å². The van der Waals surface area contributed by atoms with Gasteiger partial charge in [0.15, 0.2) is 0 Å². The summed E-state index contributed by atoms with van der Waals surface area (Å²) in [5, 5.41) is 7.83. The maximum Gasteiger partial charge on any atom is 0.322 e. The average Bonchev–Trinajstić information content (AvgIpc) is 3.23. The Kier molecular flexibility index (Phi) is 5.79. The van der Waals surface area contributed by atoms with Crippen LogP contribution in [0.1, 0.15) is 9.75 Å². The van der Waals surface area contributed by atoms with Gasteiger partial charge in [-0.3, -0.25) is 0 Å². The lowest BCUT2D eigenvalue weighted by molar-refractivity contribution is 0.207. The average molecular weight is 397 g/mol. The summed E-state index contributed by atoms with van der Waals surface area (Å²) in [7, 11) is 0. The molecule has 0 atom stereocenters. The molecule has 0 saturated carbocycles. The number of hydrogen-bond acceptors (Lipinski definition) is 3. The van der Waals surface area contributed by atoms with Gasteiger partial charge in [-0.25, -0.2) is 4.79 Å². The molecule has 3 rings (SSSR count). The van der Waals surface area contributed by atoms with Crippen molar-refractivity contribution in [1.82, 2.24) is 4.90 Å². The van der Waals surface area contributed by atoms with Crippen LogP contribution in [0.4, 0.5) is 10.5 Å². The van der Waals surface area contributed by atoms with Gasteiger partial charge in [-0.05, 0) is 41.1 Å². The number of hydrogen-bond donors (Lipinski definition) is 1. The zero-order valence-electron chi connectivity index (χ0n) is 12.5. The highest BCUT2D eigenvalue weighted by Crippen LogP contribution is 2.26. The maximum absolute atomic E-state index is 12.7. The summed E-state index contributed by atoms with van der Waals surface area (Å²) in [6, 6.07) is 12.8. The Hall–Kier alpha value is -1.53. The minimum atomic E-state index is -0.193. The minimum Gasteiger partial charge on any atom is -0.314 e. The molecule has 0 aliphatic carbocycles. The van der Waals surface area contributed by atoms with Crippen LogP contribution >= 0.6 is 45.9 Å². The molecular formula is C17H14Cl2N2OS2. The van der Waals surface area contributed by atoms with Gasteiger partial charge in [-0.15, -0.1) is 22.7 Å². The van der Waals surface area contributed by atoms with Crippen LogP contribution in [0.25, 0.3) is 0 Å². The smallest absolute Gasteiger partial charge is 0.314 e. The lowest BCUT2D eigenvalue weighted by Gasteiger charge is -2.22. The molecule has 3 nitrogen and oxygen atoms in total. The second kappa shape index (κ2) is 8.03. The molecule has 3 aromatic rings. The normalized spacial score (nSPS) is 10.6. The number of nitrogens with one attached hydrogen (secondary N) is 1. The third-order valence-electron chi connectivity index (χ3n) is 3.31. The van der Waals surface area contributed by atoms with Crippen LogP contribution < -0.4 is 5.32 Å². The molecule has 0 aliphatic rings. The number of anilines is 1. The van der Waals surface area contributed by atoms with E-state index in [1.165, 1.54) is 0 Å². The molecule has 7 heteroatoms. The topological polar surface area (TPSA) is 32.3 Å². The zero-order chi connectivity index (χ0) is 16.9. The van der Waals surface area contributed by atoms with E-state index in [4.69, 9.17) is 23.2 Å². The number of benzene rings is 1. The van der Waals surface area contributed by atoms with Crippen LogP contribution in [-0.4, -0.2) is 10.9 Å². The van der Waals surface area contributed by atoms with E-state index in [1.54, 1.807) is 45.8 Å². The summed E-state index contributed by atoms with van der Waals surface area (Å²) in [6.45, 7) is 1.10. The first-order chi connectivity index (χ1) is 11.6. The van der Waals surface area contributed by atoms with Crippen molar-refractivity contribution >= 4 is 57.6 Å². The number of thiophene rings is 2. The molecule has 0 unspecified atom stereocenters. The maximum atomic E-state index is 12.7. The predicted molar refractivity (Wildman–Crippen MR) is 103 cm³/mol. The Bertz CT molecular complexity index is 768. The number of amides is 2. The van der Waals surface area contributed by atoms with Crippen LogP contribution in [0.2, 0.25) is 10.0 Å². The van der Waals surface area contributed by atoms with Crippen LogP contribution in [-0.2, 0) is 13.1 Å². The van der Waals surface area contributed by atoms with Crippen molar-refractivity contribution < 1.29 is 4.79 Å². The standard InChI is InChI=1S/C17H14Cl2N2OS2/c18-12-5-6-16(15(19)9-12)20-17(22)21(10-13-3-1-7-23-13)11-14-4-2-8-24-14/h1-9H,10-11H2,(H,20,22). The van der Waals surface area contributed by atoms with Crippen molar-refractivity contribution in [2.24, 2.45) is 0 Å². The summed E-state index contributed by atoms with van der Waals surface area (Å²) in [5.74, 6) is 0. The van der Waals surface area contributed by atoms with Gasteiger partial charge >= 0.3 is 6.03 Å². The van der Waals surface area contributed by atoms with E-state index >= 15 is 0 Å². The summed E-state index contributed by atoms with van der Waals surface area (Å²) < 4.78 is 0. The Morgan fingerprint density at radius 2 is 1.62 bits per heavy atom. The number of rotatable bonds is 5. The fourth-order valence-corrected chi connectivity index (χ4v) is 4.06. The lowest BCUT2D eigenvalue weighted by Crippen LogP contribution is -2.33. The van der Waals surface area contributed by atoms with Gasteiger partial charge in [0.05, 0.1) is 23.8 Å². The zero-order valence-corrected chi connectivity index (χ0v) is 15.7. The first-order valence-electron chi connectivity index (χ1n) is 7.17. The molecule has 0 bridgehead atoms. The van der Waals surface area contributed by atoms with Crippen molar-refractivity contribution in [1.29, 1.82) is 0 Å². The highest BCUT2D eigenvalue weighted by Gasteiger charge is 2.17. The number of carbonyl (C=O) groups is 1. The molecular weight excluding hydrogens is 383 g/mol. The summed E-state index contributed by atoms with van der Waals surface area (Å²) in [4.78, 5) is 16.8. The van der Waals surface area contributed by atoms with Crippen molar-refractivity contribution in [3.63, 3.8) is 0 Å². The highest BCUT2D eigenvalue weighted by molar-refractivity contribution is 7.10. The Labute approximate surface area is 158 Å². The molecule has 0 fully saturated rings. The lowest BCUT2D eigenvalue weighted by atomic mass is 10.3. The van der Waals surface area contributed by atoms with Crippen molar-refractivity contribution in [2.45, 2.75) is 13.1 Å². The van der Waals surface area contributed by atoms with Crippen LogP contribution in [0.15, 0.2) is 53.2 Å². The second-order valence-corrected chi connectivity index (χ2v) is 7.98. The first kappa shape index (κ1) is 17.3. The molecule has 0 saturated heterocycles. The summed E-state index contributed by atoms with van der Waals surface area (Å²) in [6.07, 6.45) is 0. The second-order valence-electron chi connectivity index (χ2n) is 5.07. The number of urea groups is 1. The van der Waals surface area contributed by atoms with E-state index < -0.39 is 0 Å². The van der Waals surface area contributed by atoms with Gasteiger partial charge < -0.3 is 10.2 Å². The largest absolute Gasteiger partial charge is 0.322 e. The molecule has 1 aromatic carbocycles. The summed E-state index contributed by atoms with van der Waals surface area (Å²) in [5.41, 5.74) is 0.549.